The van der Waals surface area contributed by atoms with Gasteiger partial charge >= 0.3 is 0 Å². The van der Waals surface area contributed by atoms with Gasteiger partial charge in [-0.25, -0.2) is 0 Å². The van der Waals surface area contributed by atoms with Crippen LogP contribution in [0.4, 0.5) is 11.4 Å². The number of carbonyl (C=O) groups excluding carboxylic acids is 1. The van der Waals surface area contributed by atoms with Crippen LogP contribution < -0.4 is 4.90 Å². The Balaban J connectivity index is 1.90. The number of phenolic OH excluding ortho intramolecular Hbond substituents is 2. The van der Waals surface area contributed by atoms with Crippen molar-refractivity contribution in [3.8, 4) is 11.5 Å². The molecule has 0 saturated carbocycles. The normalized spacial score (nSPS) is 10.7. The zero-order chi connectivity index (χ0) is 20.9. The highest BCUT2D eigenvalue weighted by Crippen LogP contribution is 2.39. The quantitative estimate of drug-likeness (QED) is 0.433. The van der Waals surface area contributed by atoms with Crippen LogP contribution in [0.3, 0.4) is 0 Å². The van der Waals surface area contributed by atoms with Gasteiger partial charge in [0.25, 0.3) is 0 Å². The van der Waals surface area contributed by atoms with E-state index < -0.39 is 5.92 Å². The third-order valence-corrected chi connectivity index (χ3v) is 4.95. The molecule has 0 unspecified atom stereocenters. The highest BCUT2D eigenvalue weighted by molar-refractivity contribution is 6.07. The molecule has 0 aliphatic carbocycles. The smallest absolute Gasteiger partial charge is 0.243 e. The predicted octanol–water partition coefficient (Wildman–Crippen LogP) is 5.59. The second kappa shape index (κ2) is 8.53. The largest absolute Gasteiger partial charge is 0.508 e. The van der Waals surface area contributed by atoms with Crippen LogP contribution in [0.25, 0.3) is 0 Å². The van der Waals surface area contributed by atoms with E-state index in [1.165, 1.54) is 23.1 Å². The Morgan fingerprint density at radius 1 is 0.667 bits per heavy atom. The standard InChI is InChI=1S/C26H21NO3/c28-22-16-17-24(29)23(18-22)27(21-14-8-3-9-15-21)26(30)25(19-10-4-1-5-11-19)20-12-6-2-7-13-20/h1-18,25,28-29H. The number of hydrogen-bond acceptors (Lipinski definition) is 3. The Morgan fingerprint density at radius 2 is 1.17 bits per heavy atom. The molecule has 4 heteroatoms. The van der Waals surface area contributed by atoms with Gasteiger partial charge in [0.2, 0.25) is 5.91 Å². The number of aromatic hydroxyl groups is 2. The Bertz CT molecular complexity index is 1090. The summed E-state index contributed by atoms with van der Waals surface area (Å²) < 4.78 is 0. The van der Waals surface area contributed by atoms with E-state index in [0.717, 1.165) is 11.1 Å². The van der Waals surface area contributed by atoms with Gasteiger partial charge in [-0.15, -0.1) is 0 Å². The number of benzene rings is 4. The molecule has 0 heterocycles. The van der Waals surface area contributed by atoms with Crippen molar-refractivity contribution in [1.82, 2.24) is 0 Å². The number of para-hydroxylation sites is 1. The molecule has 4 aromatic rings. The van der Waals surface area contributed by atoms with Gasteiger partial charge in [-0.1, -0.05) is 78.9 Å². The Kier molecular flexibility index (Phi) is 5.48. The monoisotopic (exact) mass is 395 g/mol. The van der Waals surface area contributed by atoms with Crippen molar-refractivity contribution in [2.45, 2.75) is 5.92 Å². The van der Waals surface area contributed by atoms with Crippen molar-refractivity contribution >= 4 is 17.3 Å². The van der Waals surface area contributed by atoms with E-state index in [4.69, 9.17) is 0 Å². The van der Waals surface area contributed by atoms with E-state index in [0.29, 0.717) is 5.69 Å². The van der Waals surface area contributed by atoms with Crippen molar-refractivity contribution in [2.75, 3.05) is 4.90 Å². The molecule has 4 rings (SSSR count). The van der Waals surface area contributed by atoms with Crippen LogP contribution in [-0.2, 0) is 4.79 Å². The maximum Gasteiger partial charge on any atom is 0.243 e. The van der Waals surface area contributed by atoms with E-state index in [1.807, 2.05) is 78.9 Å². The number of anilines is 2. The Labute approximate surface area is 175 Å². The lowest BCUT2D eigenvalue weighted by atomic mass is 9.89. The lowest BCUT2D eigenvalue weighted by molar-refractivity contribution is -0.118. The summed E-state index contributed by atoms with van der Waals surface area (Å²) in [6.07, 6.45) is 0. The summed E-state index contributed by atoms with van der Waals surface area (Å²) >= 11 is 0. The summed E-state index contributed by atoms with van der Waals surface area (Å²) in [5, 5.41) is 20.6. The zero-order valence-electron chi connectivity index (χ0n) is 16.2. The van der Waals surface area contributed by atoms with E-state index in [9.17, 15) is 15.0 Å². The minimum absolute atomic E-state index is 0.0347. The molecule has 2 N–H and O–H groups in total. The molecule has 0 aliphatic rings. The third-order valence-electron chi connectivity index (χ3n) is 4.95. The molecule has 4 aromatic carbocycles. The Morgan fingerprint density at radius 3 is 1.70 bits per heavy atom. The summed E-state index contributed by atoms with van der Waals surface area (Å²) in [6.45, 7) is 0. The fraction of sp³-hybridized carbons (Fsp3) is 0.0385. The highest BCUT2D eigenvalue weighted by atomic mass is 16.3. The topological polar surface area (TPSA) is 60.8 Å². The van der Waals surface area contributed by atoms with Crippen LogP contribution in [0.2, 0.25) is 0 Å². The van der Waals surface area contributed by atoms with Crippen molar-refractivity contribution < 1.29 is 15.0 Å². The molecule has 0 spiro atoms. The van der Waals surface area contributed by atoms with Gasteiger partial charge in [0, 0.05) is 11.8 Å². The number of rotatable bonds is 5. The second-order valence-electron chi connectivity index (χ2n) is 6.94. The minimum atomic E-state index is -0.589. The molecule has 0 aromatic heterocycles. The van der Waals surface area contributed by atoms with Gasteiger partial charge in [-0.2, -0.15) is 0 Å². The third kappa shape index (κ3) is 3.89. The number of nitrogens with zero attached hydrogens (tertiary/aromatic N) is 1. The fourth-order valence-corrected chi connectivity index (χ4v) is 3.55. The molecular weight excluding hydrogens is 374 g/mol. The van der Waals surface area contributed by atoms with Crippen LogP contribution in [0.5, 0.6) is 11.5 Å². The lowest BCUT2D eigenvalue weighted by Crippen LogP contribution is -2.32. The Hall–Kier alpha value is -4.05. The number of phenols is 2. The van der Waals surface area contributed by atoms with Gasteiger partial charge in [0.05, 0.1) is 11.6 Å². The summed E-state index contributed by atoms with van der Waals surface area (Å²) in [5.74, 6) is -0.953. The van der Waals surface area contributed by atoms with Gasteiger partial charge in [0.15, 0.2) is 0 Å². The predicted molar refractivity (Wildman–Crippen MR) is 118 cm³/mol. The van der Waals surface area contributed by atoms with Crippen LogP contribution in [0, 0.1) is 0 Å². The number of amides is 1. The average Bonchev–Trinajstić information content (AvgIpc) is 2.79. The first-order valence-electron chi connectivity index (χ1n) is 9.66. The van der Waals surface area contributed by atoms with Gasteiger partial charge < -0.3 is 10.2 Å². The minimum Gasteiger partial charge on any atom is -0.508 e. The number of carbonyl (C=O) groups is 1. The molecule has 30 heavy (non-hydrogen) atoms. The maximum atomic E-state index is 14.0. The van der Waals surface area contributed by atoms with E-state index in [2.05, 4.69) is 0 Å². The number of hydrogen-bond donors (Lipinski definition) is 2. The van der Waals surface area contributed by atoms with Gasteiger partial charge in [-0.05, 0) is 35.4 Å². The molecule has 4 nitrogen and oxygen atoms in total. The van der Waals surface area contributed by atoms with Crippen LogP contribution in [0.15, 0.2) is 109 Å². The highest BCUT2D eigenvalue weighted by Gasteiger charge is 2.31. The van der Waals surface area contributed by atoms with E-state index >= 15 is 0 Å². The first kappa shape index (κ1) is 19.3. The molecular formula is C26H21NO3. The SMILES string of the molecule is O=C(C(c1ccccc1)c1ccccc1)N(c1ccccc1)c1cc(O)ccc1O. The molecule has 0 radical (unpaired) electrons. The maximum absolute atomic E-state index is 14.0. The fourth-order valence-electron chi connectivity index (χ4n) is 3.55. The van der Waals surface area contributed by atoms with Crippen molar-refractivity contribution in [3.63, 3.8) is 0 Å². The molecule has 0 aliphatic heterocycles. The second-order valence-corrected chi connectivity index (χ2v) is 6.94. The molecule has 148 valence electrons. The summed E-state index contributed by atoms with van der Waals surface area (Å²) in [4.78, 5) is 15.5. The first-order valence-corrected chi connectivity index (χ1v) is 9.66. The van der Waals surface area contributed by atoms with Crippen molar-refractivity contribution in [1.29, 1.82) is 0 Å². The van der Waals surface area contributed by atoms with Crippen LogP contribution >= 0.6 is 0 Å². The van der Waals surface area contributed by atoms with Crippen molar-refractivity contribution in [2.24, 2.45) is 0 Å². The van der Waals surface area contributed by atoms with Crippen LogP contribution in [-0.4, -0.2) is 16.1 Å². The molecule has 0 bridgehead atoms. The molecule has 0 saturated heterocycles. The summed E-state index contributed by atoms with van der Waals surface area (Å²) in [7, 11) is 0. The first-order chi connectivity index (χ1) is 14.6. The molecule has 0 atom stereocenters. The van der Waals surface area contributed by atoms with Crippen molar-refractivity contribution in [3.05, 3.63) is 120 Å². The molecule has 0 fully saturated rings. The van der Waals surface area contributed by atoms with E-state index in [-0.39, 0.29) is 23.1 Å². The average molecular weight is 395 g/mol. The van der Waals surface area contributed by atoms with Crippen LogP contribution in [0.1, 0.15) is 17.0 Å². The zero-order valence-corrected chi connectivity index (χ0v) is 16.2. The van der Waals surface area contributed by atoms with Gasteiger partial charge in [-0.3, -0.25) is 9.69 Å². The van der Waals surface area contributed by atoms with E-state index in [1.54, 1.807) is 12.1 Å². The lowest BCUT2D eigenvalue weighted by Gasteiger charge is -2.29. The molecule has 1 amide bonds. The summed E-state index contributed by atoms with van der Waals surface area (Å²) in [5.41, 5.74) is 2.51. The van der Waals surface area contributed by atoms with Gasteiger partial charge in [0.1, 0.15) is 11.5 Å². The summed E-state index contributed by atoms with van der Waals surface area (Å²) in [6, 6.07) is 32.4.